The predicted molar refractivity (Wildman–Crippen MR) is 72.7 cm³/mol. The molecule has 2 aromatic rings. The van der Waals surface area contributed by atoms with Crippen molar-refractivity contribution < 1.29 is 19.6 Å². The van der Waals surface area contributed by atoms with Gasteiger partial charge in [0.15, 0.2) is 5.69 Å². The molecular weight excluding hydrogens is 296 g/mol. The van der Waals surface area contributed by atoms with Crippen LogP contribution in [0.4, 0.5) is 11.4 Å². The fourth-order valence-corrected chi connectivity index (χ4v) is 1.83. The van der Waals surface area contributed by atoms with E-state index in [1.165, 1.54) is 11.7 Å². The van der Waals surface area contributed by atoms with Gasteiger partial charge in [-0.05, 0) is 6.92 Å². The lowest BCUT2D eigenvalue weighted by molar-refractivity contribution is -0.385. The maximum absolute atomic E-state index is 12.1. The molecule has 22 heavy (non-hydrogen) atoms. The van der Waals surface area contributed by atoms with E-state index >= 15 is 0 Å². The molecule has 0 aromatic carbocycles. The van der Waals surface area contributed by atoms with Crippen LogP contribution >= 0.6 is 0 Å². The molecule has 0 aliphatic rings. The van der Waals surface area contributed by atoms with Gasteiger partial charge in [-0.3, -0.25) is 24.3 Å². The van der Waals surface area contributed by atoms with Crippen LogP contribution in [0.2, 0.25) is 0 Å². The number of nitrogens with one attached hydrogen (secondary N) is 1. The third kappa shape index (κ3) is 2.63. The van der Waals surface area contributed by atoms with E-state index in [1.807, 2.05) is 0 Å². The summed E-state index contributed by atoms with van der Waals surface area (Å²) >= 11 is 0. The minimum absolute atomic E-state index is 0.0691. The molecule has 11 nitrogen and oxygen atoms in total. The summed E-state index contributed by atoms with van der Waals surface area (Å²) < 4.78 is 2.31. The fourth-order valence-electron chi connectivity index (χ4n) is 1.83. The molecule has 0 spiro atoms. The molecule has 0 atom stereocenters. The first-order valence-corrected chi connectivity index (χ1v) is 6.13. The number of carbonyl (C=O) groups excluding carboxylic acids is 1. The Morgan fingerprint density at radius 3 is 2.73 bits per heavy atom. The SMILES string of the molecule is CCn1cc([N+](=O)[O-])c(C(=O)Nc2cnn(C)c2C(=O)O)n1. The van der Waals surface area contributed by atoms with Gasteiger partial charge in [-0.1, -0.05) is 0 Å². The monoisotopic (exact) mass is 308 g/mol. The number of aryl methyl sites for hydroxylation is 2. The largest absolute Gasteiger partial charge is 0.476 e. The predicted octanol–water partition coefficient (Wildman–Crippen LogP) is 0.495. The molecule has 0 fully saturated rings. The quantitative estimate of drug-likeness (QED) is 0.604. The number of hydrogen-bond donors (Lipinski definition) is 2. The highest BCUT2D eigenvalue weighted by Gasteiger charge is 2.27. The fraction of sp³-hybridized carbons (Fsp3) is 0.273. The third-order valence-electron chi connectivity index (χ3n) is 2.87. The smallest absolute Gasteiger partial charge is 0.356 e. The minimum Gasteiger partial charge on any atom is -0.476 e. The van der Waals surface area contributed by atoms with Crippen LogP contribution in [-0.4, -0.2) is 41.5 Å². The number of amides is 1. The number of anilines is 1. The highest BCUT2D eigenvalue weighted by molar-refractivity contribution is 6.08. The summed E-state index contributed by atoms with van der Waals surface area (Å²) in [7, 11) is 1.40. The number of rotatable bonds is 5. The van der Waals surface area contributed by atoms with Crippen molar-refractivity contribution >= 4 is 23.3 Å². The normalized spacial score (nSPS) is 10.5. The van der Waals surface area contributed by atoms with Crippen LogP contribution in [0.25, 0.3) is 0 Å². The lowest BCUT2D eigenvalue weighted by Crippen LogP contribution is -2.17. The molecule has 0 bridgehead atoms. The maximum Gasteiger partial charge on any atom is 0.356 e. The molecule has 0 saturated carbocycles. The van der Waals surface area contributed by atoms with Crippen LogP contribution in [0.1, 0.15) is 27.9 Å². The van der Waals surface area contributed by atoms with Crippen molar-refractivity contribution in [3.63, 3.8) is 0 Å². The molecule has 0 aliphatic carbocycles. The first kappa shape index (κ1) is 15.2. The average Bonchev–Trinajstić information content (AvgIpc) is 3.02. The van der Waals surface area contributed by atoms with Crippen LogP contribution in [0.3, 0.4) is 0 Å². The number of carboxylic acid groups (broad SMARTS) is 1. The molecule has 11 heteroatoms. The summed E-state index contributed by atoms with van der Waals surface area (Å²) in [6, 6.07) is 0. The molecule has 2 heterocycles. The first-order chi connectivity index (χ1) is 10.3. The Morgan fingerprint density at radius 1 is 1.50 bits per heavy atom. The van der Waals surface area contributed by atoms with Gasteiger partial charge in [-0.2, -0.15) is 10.2 Å². The van der Waals surface area contributed by atoms with Gasteiger partial charge in [0.25, 0.3) is 5.91 Å². The van der Waals surface area contributed by atoms with E-state index in [9.17, 15) is 19.7 Å². The number of carboxylic acids is 1. The third-order valence-corrected chi connectivity index (χ3v) is 2.87. The topological polar surface area (TPSA) is 145 Å². The summed E-state index contributed by atoms with van der Waals surface area (Å²) in [5.41, 5.74) is -1.17. The number of aromatic nitrogens is 4. The van der Waals surface area contributed by atoms with Gasteiger partial charge in [0.1, 0.15) is 6.20 Å². The molecule has 0 saturated heterocycles. The summed E-state index contributed by atoms with van der Waals surface area (Å²) in [5.74, 6) is -2.17. The first-order valence-electron chi connectivity index (χ1n) is 6.13. The van der Waals surface area contributed by atoms with Crippen LogP contribution in [0.15, 0.2) is 12.4 Å². The Kier molecular flexibility index (Phi) is 3.88. The van der Waals surface area contributed by atoms with Crippen molar-refractivity contribution in [1.29, 1.82) is 0 Å². The Morgan fingerprint density at radius 2 is 2.18 bits per heavy atom. The molecule has 2 N–H and O–H groups in total. The van der Waals surface area contributed by atoms with E-state index in [0.29, 0.717) is 6.54 Å². The number of nitro groups is 1. The van der Waals surface area contributed by atoms with E-state index in [0.717, 1.165) is 17.1 Å². The van der Waals surface area contributed by atoms with Crippen molar-refractivity contribution in [2.45, 2.75) is 13.5 Å². The van der Waals surface area contributed by atoms with Crippen molar-refractivity contribution in [2.75, 3.05) is 5.32 Å². The Balaban J connectivity index is 2.36. The standard InChI is InChI=1S/C11H12N6O5/c1-3-16-5-7(17(21)22)8(14-16)10(18)13-6-4-12-15(2)9(6)11(19)20/h4-5H,3H2,1-2H3,(H,13,18)(H,19,20). The number of nitrogens with zero attached hydrogens (tertiary/aromatic N) is 5. The molecule has 2 aromatic heterocycles. The highest BCUT2D eigenvalue weighted by atomic mass is 16.6. The van der Waals surface area contributed by atoms with Gasteiger partial charge in [-0.25, -0.2) is 4.79 Å². The second-order valence-corrected chi connectivity index (χ2v) is 4.27. The van der Waals surface area contributed by atoms with Gasteiger partial charge in [0, 0.05) is 13.6 Å². The van der Waals surface area contributed by atoms with Crippen molar-refractivity contribution in [3.05, 3.63) is 33.9 Å². The summed E-state index contributed by atoms with van der Waals surface area (Å²) in [5, 5.41) is 29.8. The van der Waals surface area contributed by atoms with Gasteiger partial charge < -0.3 is 10.4 Å². The van der Waals surface area contributed by atoms with Crippen molar-refractivity contribution in [2.24, 2.45) is 7.05 Å². The zero-order chi connectivity index (χ0) is 16.4. The van der Waals surface area contributed by atoms with Gasteiger partial charge in [0.05, 0.1) is 16.8 Å². The molecule has 116 valence electrons. The van der Waals surface area contributed by atoms with Crippen LogP contribution < -0.4 is 5.32 Å². The minimum atomic E-state index is -1.29. The van der Waals surface area contributed by atoms with Crippen LogP contribution in [0, 0.1) is 10.1 Å². The van der Waals surface area contributed by atoms with Crippen molar-refractivity contribution in [3.8, 4) is 0 Å². The summed E-state index contributed by atoms with van der Waals surface area (Å²) in [6.07, 6.45) is 2.28. The van der Waals surface area contributed by atoms with Crippen molar-refractivity contribution in [1.82, 2.24) is 19.6 Å². The van der Waals surface area contributed by atoms with E-state index in [4.69, 9.17) is 5.11 Å². The van der Waals surface area contributed by atoms with Crippen LogP contribution in [-0.2, 0) is 13.6 Å². The van der Waals surface area contributed by atoms with E-state index < -0.39 is 28.2 Å². The molecule has 2 rings (SSSR count). The van der Waals surface area contributed by atoms with Gasteiger partial charge in [-0.15, -0.1) is 0 Å². The lowest BCUT2D eigenvalue weighted by atomic mass is 10.3. The molecule has 0 unspecified atom stereocenters. The Hall–Kier alpha value is -3.24. The summed E-state index contributed by atoms with van der Waals surface area (Å²) in [6.45, 7) is 2.06. The zero-order valence-electron chi connectivity index (χ0n) is 11.7. The second kappa shape index (κ2) is 5.63. The van der Waals surface area contributed by atoms with E-state index in [2.05, 4.69) is 15.5 Å². The average molecular weight is 308 g/mol. The number of hydrogen-bond acceptors (Lipinski definition) is 6. The molecular formula is C11H12N6O5. The number of aromatic carboxylic acids is 1. The second-order valence-electron chi connectivity index (χ2n) is 4.27. The Labute approximate surface area is 123 Å². The molecule has 0 radical (unpaired) electrons. The Bertz CT molecular complexity index is 761. The van der Waals surface area contributed by atoms with Gasteiger partial charge in [0.2, 0.25) is 5.69 Å². The molecule has 0 aliphatic heterocycles. The highest BCUT2D eigenvalue weighted by Crippen LogP contribution is 2.20. The van der Waals surface area contributed by atoms with E-state index in [1.54, 1.807) is 6.92 Å². The number of carbonyl (C=O) groups is 2. The summed E-state index contributed by atoms with van der Waals surface area (Å²) in [4.78, 5) is 33.5. The van der Waals surface area contributed by atoms with E-state index in [-0.39, 0.29) is 11.4 Å². The lowest BCUT2D eigenvalue weighted by Gasteiger charge is -2.02. The molecule has 1 amide bonds. The van der Waals surface area contributed by atoms with Gasteiger partial charge >= 0.3 is 11.7 Å². The zero-order valence-corrected chi connectivity index (χ0v) is 11.7. The van der Waals surface area contributed by atoms with Crippen LogP contribution in [0.5, 0.6) is 0 Å². The maximum atomic E-state index is 12.1.